The number of methoxy groups -OCH3 is 1. The molecule has 0 spiro atoms. The second-order valence-corrected chi connectivity index (χ2v) is 4.81. The molecule has 0 amide bonds. The number of nitrogens with zero attached hydrogens (tertiary/aromatic N) is 1. The van der Waals surface area contributed by atoms with Crippen LogP contribution in [0.1, 0.15) is 19.4 Å². The number of hydrogen-bond donors (Lipinski definition) is 1. The minimum atomic E-state index is 0.535. The molecule has 0 aliphatic rings. The fourth-order valence-corrected chi connectivity index (χ4v) is 1.92. The Balaban J connectivity index is 2.24. The molecule has 0 fully saturated rings. The van der Waals surface area contributed by atoms with Crippen LogP contribution in [0.5, 0.6) is 5.75 Å². The van der Waals surface area contributed by atoms with Gasteiger partial charge in [0.2, 0.25) is 0 Å². The molecule has 3 nitrogen and oxygen atoms in total. The average molecular weight is 250 g/mol. The van der Waals surface area contributed by atoms with Crippen LogP contribution >= 0.6 is 0 Å². The molecule has 102 valence electrons. The second-order valence-electron chi connectivity index (χ2n) is 4.81. The van der Waals surface area contributed by atoms with E-state index in [0.717, 1.165) is 31.8 Å². The highest BCUT2D eigenvalue weighted by Crippen LogP contribution is 2.11. The van der Waals surface area contributed by atoms with Gasteiger partial charge in [-0.05, 0) is 51.2 Å². The molecule has 0 radical (unpaired) electrons. The van der Waals surface area contributed by atoms with Gasteiger partial charge in [0.25, 0.3) is 0 Å². The Bertz CT molecular complexity index is 324. The zero-order chi connectivity index (χ0) is 13.4. The highest BCUT2D eigenvalue weighted by molar-refractivity contribution is 5.27. The Morgan fingerprint density at radius 1 is 1.28 bits per heavy atom. The molecule has 0 saturated carbocycles. The van der Waals surface area contributed by atoms with E-state index >= 15 is 0 Å². The van der Waals surface area contributed by atoms with Crippen molar-refractivity contribution in [2.75, 3.05) is 33.8 Å². The zero-order valence-electron chi connectivity index (χ0n) is 12.1. The van der Waals surface area contributed by atoms with Gasteiger partial charge in [0.1, 0.15) is 5.75 Å². The molecular weight excluding hydrogens is 224 g/mol. The topological polar surface area (TPSA) is 24.5 Å². The smallest absolute Gasteiger partial charge is 0.118 e. The van der Waals surface area contributed by atoms with Crippen molar-refractivity contribution in [3.63, 3.8) is 0 Å². The standard InChI is InChI=1S/C15H26N2O/c1-5-17(3)12-13(2)16-11-10-14-6-8-15(18-4)9-7-14/h6-9,13,16H,5,10-12H2,1-4H3. The molecule has 0 heterocycles. The van der Waals surface area contributed by atoms with Gasteiger partial charge in [0.05, 0.1) is 7.11 Å². The minimum absolute atomic E-state index is 0.535. The number of benzene rings is 1. The Morgan fingerprint density at radius 2 is 1.94 bits per heavy atom. The van der Waals surface area contributed by atoms with Gasteiger partial charge >= 0.3 is 0 Å². The van der Waals surface area contributed by atoms with Crippen LogP contribution in [0.3, 0.4) is 0 Å². The molecule has 1 unspecified atom stereocenters. The van der Waals surface area contributed by atoms with Crippen molar-refractivity contribution in [1.29, 1.82) is 0 Å². The second kappa shape index (κ2) is 8.11. The van der Waals surface area contributed by atoms with Crippen molar-refractivity contribution in [1.82, 2.24) is 10.2 Å². The van der Waals surface area contributed by atoms with Crippen molar-refractivity contribution < 1.29 is 4.74 Å². The van der Waals surface area contributed by atoms with Gasteiger partial charge in [-0.25, -0.2) is 0 Å². The fraction of sp³-hybridized carbons (Fsp3) is 0.600. The number of rotatable bonds is 8. The van der Waals surface area contributed by atoms with Gasteiger partial charge in [-0.3, -0.25) is 0 Å². The molecule has 1 aromatic carbocycles. The van der Waals surface area contributed by atoms with Crippen molar-refractivity contribution in [2.45, 2.75) is 26.3 Å². The first-order valence-electron chi connectivity index (χ1n) is 6.70. The summed E-state index contributed by atoms with van der Waals surface area (Å²) in [6.45, 7) is 7.64. The maximum absolute atomic E-state index is 5.15. The first kappa shape index (κ1) is 15.0. The van der Waals surface area contributed by atoms with E-state index < -0.39 is 0 Å². The van der Waals surface area contributed by atoms with Gasteiger partial charge in [-0.15, -0.1) is 0 Å². The quantitative estimate of drug-likeness (QED) is 0.765. The van der Waals surface area contributed by atoms with E-state index in [-0.39, 0.29) is 0 Å². The van der Waals surface area contributed by atoms with E-state index in [1.54, 1.807) is 7.11 Å². The van der Waals surface area contributed by atoms with Crippen molar-refractivity contribution in [3.8, 4) is 5.75 Å². The predicted molar refractivity (Wildman–Crippen MR) is 77.3 cm³/mol. The summed E-state index contributed by atoms with van der Waals surface area (Å²) in [4.78, 5) is 2.32. The third-order valence-corrected chi connectivity index (χ3v) is 3.19. The van der Waals surface area contributed by atoms with E-state index in [4.69, 9.17) is 4.74 Å². The lowest BCUT2D eigenvalue weighted by Gasteiger charge is -2.20. The fourth-order valence-electron chi connectivity index (χ4n) is 1.92. The molecule has 18 heavy (non-hydrogen) atoms. The number of likely N-dealkylation sites (N-methyl/N-ethyl adjacent to an activating group) is 1. The van der Waals surface area contributed by atoms with Crippen molar-refractivity contribution in [2.24, 2.45) is 0 Å². The minimum Gasteiger partial charge on any atom is -0.497 e. The third-order valence-electron chi connectivity index (χ3n) is 3.19. The SMILES string of the molecule is CCN(C)CC(C)NCCc1ccc(OC)cc1. The maximum atomic E-state index is 5.15. The summed E-state index contributed by atoms with van der Waals surface area (Å²) in [6.07, 6.45) is 1.06. The summed E-state index contributed by atoms with van der Waals surface area (Å²) in [6, 6.07) is 8.83. The summed E-state index contributed by atoms with van der Waals surface area (Å²) in [5.41, 5.74) is 1.35. The summed E-state index contributed by atoms with van der Waals surface area (Å²) in [7, 11) is 3.85. The largest absolute Gasteiger partial charge is 0.497 e. The van der Waals surface area contributed by atoms with E-state index in [0.29, 0.717) is 6.04 Å². The van der Waals surface area contributed by atoms with Gasteiger partial charge in [-0.1, -0.05) is 19.1 Å². The summed E-state index contributed by atoms with van der Waals surface area (Å²) >= 11 is 0. The van der Waals surface area contributed by atoms with E-state index in [1.807, 2.05) is 12.1 Å². The molecule has 0 bridgehead atoms. The van der Waals surface area contributed by atoms with Crippen LogP contribution < -0.4 is 10.1 Å². The van der Waals surface area contributed by atoms with Gasteiger partial charge in [-0.2, -0.15) is 0 Å². The molecule has 1 rings (SSSR count). The lowest BCUT2D eigenvalue weighted by atomic mass is 10.1. The number of ether oxygens (including phenoxy) is 1. The van der Waals surface area contributed by atoms with Crippen LogP contribution in [0.2, 0.25) is 0 Å². The lowest BCUT2D eigenvalue weighted by Crippen LogP contribution is -2.38. The van der Waals surface area contributed by atoms with Gasteiger partial charge in [0.15, 0.2) is 0 Å². The monoisotopic (exact) mass is 250 g/mol. The Hall–Kier alpha value is -1.06. The molecular formula is C15H26N2O. The number of nitrogens with one attached hydrogen (secondary N) is 1. The first-order chi connectivity index (χ1) is 8.65. The van der Waals surface area contributed by atoms with Gasteiger partial charge < -0.3 is 15.0 Å². The summed E-state index contributed by atoms with van der Waals surface area (Å²) in [5, 5.41) is 3.55. The Morgan fingerprint density at radius 3 is 2.50 bits per heavy atom. The average Bonchev–Trinajstić information content (AvgIpc) is 2.39. The lowest BCUT2D eigenvalue weighted by molar-refractivity contribution is 0.311. The normalized spacial score (nSPS) is 12.7. The Labute approximate surface area is 111 Å². The van der Waals surface area contributed by atoms with Gasteiger partial charge in [0, 0.05) is 12.6 Å². The van der Waals surface area contributed by atoms with Crippen LogP contribution in [0.25, 0.3) is 0 Å². The molecule has 0 aromatic heterocycles. The number of hydrogen-bond acceptors (Lipinski definition) is 3. The van der Waals surface area contributed by atoms with Crippen LogP contribution in [-0.4, -0.2) is 44.7 Å². The highest BCUT2D eigenvalue weighted by Gasteiger charge is 2.03. The van der Waals surface area contributed by atoms with Crippen molar-refractivity contribution >= 4 is 0 Å². The highest BCUT2D eigenvalue weighted by atomic mass is 16.5. The molecule has 1 atom stereocenters. The zero-order valence-corrected chi connectivity index (χ0v) is 12.1. The van der Waals surface area contributed by atoms with Crippen LogP contribution in [0.4, 0.5) is 0 Å². The predicted octanol–water partition coefficient (Wildman–Crippen LogP) is 2.17. The van der Waals surface area contributed by atoms with E-state index in [1.165, 1.54) is 5.56 Å². The first-order valence-corrected chi connectivity index (χ1v) is 6.70. The molecule has 1 N–H and O–H groups in total. The van der Waals surface area contributed by atoms with Crippen LogP contribution in [-0.2, 0) is 6.42 Å². The third kappa shape index (κ3) is 5.52. The molecule has 1 aromatic rings. The van der Waals surface area contributed by atoms with Crippen LogP contribution in [0.15, 0.2) is 24.3 Å². The summed E-state index contributed by atoms with van der Waals surface area (Å²) in [5.74, 6) is 0.921. The summed E-state index contributed by atoms with van der Waals surface area (Å²) < 4.78 is 5.15. The van der Waals surface area contributed by atoms with E-state index in [2.05, 4.69) is 43.2 Å². The molecule has 0 aliphatic heterocycles. The molecule has 0 saturated heterocycles. The molecule has 0 aliphatic carbocycles. The van der Waals surface area contributed by atoms with Crippen LogP contribution in [0, 0.1) is 0 Å². The molecule has 3 heteroatoms. The van der Waals surface area contributed by atoms with E-state index in [9.17, 15) is 0 Å². The van der Waals surface area contributed by atoms with Crippen molar-refractivity contribution in [3.05, 3.63) is 29.8 Å². The maximum Gasteiger partial charge on any atom is 0.118 e. The Kier molecular flexibility index (Phi) is 6.76.